The van der Waals surface area contributed by atoms with Crippen LogP contribution in [0.2, 0.25) is 0 Å². The summed E-state index contributed by atoms with van der Waals surface area (Å²) in [6.45, 7) is 3.52. The minimum atomic E-state index is 0.623. The molecule has 1 aromatic carbocycles. The van der Waals surface area contributed by atoms with E-state index in [2.05, 4.69) is 29.6 Å². The van der Waals surface area contributed by atoms with Gasteiger partial charge in [-0.15, -0.1) is 0 Å². The molecule has 0 spiro atoms. The Kier molecular flexibility index (Phi) is 9.33. The van der Waals surface area contributed by atoms with E-state index in [0.717, 1.165) is 19.6 Å². The van der Waals surface area contributed by atoms with E-state index in [1.807, 2.05) is 0 Å². The molecule has 1 rings (SSSR count). The topological polar surface area (TPSA) is 64.1 Å². The van der Waals surface area contributed by atoms with Gasteiger partial charge in [0.2, 0.25) is 0 Å². The van der Waals surface area contributed by atoms with Crippen molar-refractivity contribution in [3.63, 3.8) is 0 Å². The molecule has 0 aliphatic heterocycles. The number of rotatable bonds is 11. The lowest BCUT2D eigenvalue weighted by molar-refractivity contribution is 0.567. The van der Waals surface area contributed by atoms with Crippen LogP contribution in [0.5, 0.6) is 0 Å². The smallest absolute Gasteiger partial charge is 0.0205 e. The first-order valence-corrected chi connectivity index (χ1v) is 7.55. The first-order chi connectivity index (χ1) is 9.36. The number of hydrogen-bond acceptors (Lipinski definition) is 3. The van der Waals surface area contributed by atoms with Gasteiger partial charge in [0.15, 0.2) is 0 Å². The largest absolute Gasteiger partial charge is 0.330 e. The van der Waals surface area contributed by atoms with Crippen LogP contribution in [0.25, 0.3) is 0 Å². The van der Waals surface area contributed by atoms with Crippen LogP contribution in [0, 0.1) is 0 Å². The van der Waals surface area contributed by atoms with Crippen LogP contribution in [0.4, 0.5) is 0 Å². The number of benzene rings is 1. The maximum Gasteiger partial charge on any atom is 0.0205 e. The van der Waals surface area contributed by atoms with Crippen molar-refractivity contribution in [2.24, 2.45) is 11.5 Å². The Morgan fingerprint density at radius 3 is 1.95 bits per heavy atom. The number of unbranched alkanes of at least 4 members (excludes halogenated alkanes) is 5. The lowest BCUT2D eigenvalue weighted by atomic mass is 10.1. The molecule has 3 nitrogen and oxygen atoms in total. The fourth-order valence-corrected chi connectivity index (χ4v) is 2.13. The molecule has 0 unspecified atom stereocenters. The van der Waals surface area contributed by atoms with Crippen molar-refractivity contribution in [2.45, 2.75) is 51.6 Å². The highest BCUT2D eigenvalue weighted by molar-refractivity contribution is 5.22. The molecule has 0 amide bonds. The van der Waals surface area contributed by atoms with Gasteiger partial charge in [-0.05, 0) is 37.1 Å². The van der Waals surface area contributed by atoms with E-state index in [1.54, 1.807) is 0 Å². The quantitative estimate of drug-likeness (QED) is 0.538. The molecule has 108 valence electrons. The van der Waals surface area contributed by atoms with Gasteiger partial charge >= 0.3 is 0 Å². The van der Waals surface area contributed by atoms with Crippen molar-refractivity contribution in [1.82, 2.24) is 5.32 Å². The van der Waals surface area contributed by atoms with Crippen LogP contribution in [0.15, 0.2) is 24.3 Å². The summed E-state index contributed by atoms with van der Waals surface area (Å²) in [6, 6.07) is 8.52. The maximum absolute atomic E-state index is 5.58. The van der Waals surface area contributed by atoms with Gasteiger partial charge in [-0.3, -0.25) is 0 Å². The van der Waals surface area contributed by atoms with E-state index in [9.17, 15) is 0 Å². The minimum Gasteiger partial charge on any atom is -0.330 e. The molecule has 0 radical (unpaired) electrons. The van der Waals surface area contributed by atoms with Crippen molar-refractivity contribution in [2.75, 3.05) is 13.1 Å². The molecule has 0 aliphatic rings. The Hall–Kier alpha value is -0.900. The van der Waals surface area contributed by atoms with E-state index in [1.165, 1.54) is 49.7 Å². The fourth-order valence-electron chi connectivity index (χ4n) is 2.13. The summed E-state index contributed by atoms with van der Waals surface area (Å²) >= 11 is 0. The lowest BCUT2D eigenvalue weighted by Gasteiger charge is -2.06. The normalized spacial score (nSPS) is 10.8. The summed E-state index contributed by atoms with van der Waals surface area (Å²) in [5.74, 6) is 0. The molecular formula is C16H29N3. The predicted molar refractivity (Wildman–Crippen MR) is 82.8 cm³/mol. The van der Waals surface area contributed by atoms with Crippen molar-refractivity contribution >= 4 is 0 Å². The monoisotopic (exact) mass is 263 g/mol. The van der Waals surface area contributed by atoms with Gasteiger partial charge in [-0.1, -0.05) is 49.9 Å². The third kappa shape index (κ3) is 7.98. The van der Waals surface area contributed by atoms with Gasteiger partial charge < -0.3 is 16.8 Å². The molecule has 0 atom stereocenters. The van der Waals surface area contributed by atoms with Gasteiger partial charge in [0, 0.05) is 13.1 Å². The van der Waals surface area contributed by atoms with Crippen LogP contribution in [-0.2, 0) is 13.1 Å². The van der Waals surface area contributed by atoms with E-state index >= 15 is 0 Å². The first-order valence-electron chi connectivity index (χ1n) is 7.55. The highest BCUT2D eigenvalue weighted by Gasteiger charge is 1.94. The molecule has 0 saturated carbocycles. The average molecular weight is 263 g/mol. The molecule has 0 fully saturated rings. The highest BCUT2D eigenvalue weighted by atomic mass is 14.8. The molecule has 3 heteroatoms. The Balaban J connectivity index is 1.95. The van der Waals surface area contributed by atoms with Crippen LogP contribution >= 0.6 is 0 Å². The van der Waals surface area contributed by atoms with Gasteiger partial charge in [0.25, 0.3) is 0 Å². The number of hydrogen-bond donors (Lipinski definition) is 3. The van der Waals surface area contributed by atoms with Gasteiger partial charge in [-0.2, -0.15) is 0 Å². The SMILES string of the molecule is NCCCCCCCCNCc1ccc(CN)cc1. The second-order valence-electron chi connectivity index (χ2n) is 5.11. The van der Waals surface area contributed by atoms with Crippen molar-refractivity contribution in [1.29, 1.82) is 0 Å². The summed E-state index contributed by atoms with van der Waals surface area (Å²) in [6.07, 6.45) is 7.73. The van der Waals surface area contributed by atoms with Gasteiger partial charge in [0.05, 0.1) is 0 Å². The van der Waals surface area contributed by atoms with Crippen molar-refractivity contribution in [3.8, 4) is 0 Å². The zero-order valence-electron chi connectivity index (χ0n) is 12.0. The van der Waals surface area contributed by atoms with Gasteiger partial charge in [0.1, 0.15) is 0 Å². The second kappa shape index (κ2) is 11.0. The number of nitrogens with two attached hydrogens (primary N) is 2. The van der Waals surface area contributed by atoms with E-state index in [-0.39, 0.29) is 0 Å². The van der Waals surface area contributed by atoms with Crippen molar-refractivity contribution < 1.29 is 0 Å². The van der Waals surface area contributed by atoms with E-state index in [4.69, 9.17) is 11.5 Å². The summed E-state index contributed by atoms with van der Waals surface area (Å²) in [7, 11) is 0. The molecular weight excluding hydrogens is 234 g/mol. The average Bonchev–Trinajstić information content (AvgIpc) is 2.46. The van der Waals surface area contributed by atoms with E-state index < -0.39 is 0 Å². The molecule has 0 aromatic heterocycles. The molecule has 0 aliphatic carbocycles. The van der Waals surface area contributed by atoms with Crippen LogP contribution in [-0.4, -0.2) is 13.1 Å². The fraction of sp³-hybridized carbons (Fsp3) is 0.625. The molecule has 1 aromatic rings. The lowest BCUT2D eigenvalue weighted by Crippen LogP contribution is -2.14. The maximum atomic E-state index is 5.58. The van der Waals surface area contributed by atoms with Crippen LogP contribution in [0.1, 0.15) is 49.7 Å². The van der Waals surface area contributed by atoms with Crippen molar-refractivity contribution in [3.05, 3.63) is 35.4 Å². The summed E-state index contributed by atoms with van der Waals surface area (Å²) in [4.78, 5) is 0. The molecule has 0 heterocycles. The van der Waals surface area contributed by atoms with Gasteiger partial charge in [-0.25, -0.2) is 0 Å². The van der Waals surface area contributed by atoms with Crippen LogP contribution in [0.3, 0.4) is 0 Å². The highest BCUT2D eigenvalue weighted by Crippen LogP contribution is 2.05. The zero-order chi connectivity index (χ0) is 13.8. The molecule has 19 heavy (non-hydrogen) atoms. The second-order valence-corrected chi connectivity index (χ2v) is 5.11. The minimum absolute atomic E-state index is 0.623. The summed E-state index contributed by atoms with van der Waals surface area (Å²) < 4.78 is 0. The Morgan fingerprint density at radius 2 is 1.32 bits per heavy atom. The molecule has 0 saturated heterocycles. The van der Waals surface area contributed by atoms with E-state index in [0.29, 0.717) is 6.54 Å². The molecule has 5 N–H and O–H groups in total. The Bertz CT molecular complexity index is 308. The zero-order valence-corrected chi connectivity index (χ0v) is 12.0. The van der Waals surface area contributed by atoms with Crippen LogP contribution < -0.4 is 16.8 Å². The Labute approximate surface area is 117 Å². The Morgan fingerprint density at radius 1 is 0.737 bits per heavy atom. The molecule has 0 bridgehead atoms. The first kappa shape index (κ1) is 16.2. The summed E-state index contributed by atoms with van der Waals surface area (Å²) in [5, 5.41) is 3.49. The third-order valence-corrected chi connectivity index (χ3v) is 3.40. The predicted octanol–water partition coefficient (Wildman–Crippen LogP) is 2.53. The third-order valence-electron chi connectivity index (χ3n) is 3.40. The number of nitrogens with one attached hydrogen (secondary N) is 1. The standard InChI is InChI=1S/C16H29N3/c17-11-5-3-1-2-4-6-12-19-14-16-9-7-15(13-18)8-10-16/h7-10,19H,1-6,11-14,17-18H2. The summed E-state index contributed by atoms with van der Waals surface area (Å²) in [5.41, 5.74) is 13.6.